The van der Waals surface area contributed by atoms with E-state index in [4.69, 9.17) is 0 Å². The van der Waals surface area contributed by atoms with Crippen molar-refractivity contribution in [3.8, 4) is 0 Å². The van der Waals surface area contributed by atoms with Gasteiger partial charge < -0.3 is 0 Å². The maximum Gasteiger partial charge on any atom is 0.271 e. The number of nitrogens with zero attached hydrogens (tertiary/aromatic N) is 2. The molecule has 0 atom stereocenters. The predicted molar refractivity (Wildman–Crippen MR) is 74.3 cm³/mol. The van der Waals surface area contributed by atoms with Crippen molar-refractivity contribution in [2.45, 2.75) is 20.8 Å². The zero-order chi connectivity index (χ0) is 13.1. The minimum atomic E-state index is -0.101. The van der Waals surface area contributed by atoms with Crippen molar-refractivity contribution in [3.63, 3.8) is 0 Å². The normalized spacial score (nSPS) is 11.1. The third-order valence-electron chi connectivity index (χ3n) is 2.73. The molecule has 0 spiro atoms. The molecule has 1 aromatic carbocycles. The molecule has 1 aromatic heterocycles. The van der Waals surface area contributed by atoms with Gasteiger partial charge in [-0.3, -0.25) is 4.79 Å². The molecule has 0 N–H and O–H groups in total. The Labute approximate surface area is 106 Å². The Bertz CT molecular complexity index is 637. The van der Waals surface area contributed by atoms with Crippen molar-refractivity contribution < 1.29 is 0 Å². The molecule has 3 heteroatoms. The van der Waals surface area contributed by atoms with E-state index in [1.165, 1.54) is 10.2 Å². The largest absolute Gasteiger partial charge is 0.271 e. The maximum atomic E-state index is 11.8. The molecule has 1 heterocycles. The summed E-state index contributed by atoms with van der Waals surface area (Å²) < 4.78 is 1.41. The predicted octanol–water partition coefficient (Wildman–Crippen LogP) is 2.66. The van der Waals surface area contributed by atoms with E-state index in [0.29, 0.717) is 0 Å². The number of aryl methyl sites for hydroxylation is 3. The van der Waals surface area contributed by atoms with Crippen molar-refractivity contribution in [1.29, 1.82) is 0 Å². The first-order valence-corrected chi connectivity index (χ1v) is 5.87. The highest BCUT2D eigenvalue weighted by Crippen LogP contribution is 2.02. The van der Waals surface area contributed by atoms with Gasteiger partial charge in [0, 0.05) is 11.8 Å². The minimum Gasteiger partial charge on any atom is -0.267 e. The summed E-state index contributed by atoms with van der Waals surface area (Å²) in [5.41, 5.74) is 3.88. The molecule has 0 aliphatic carbocycles. The van der Waals surface area contributed by atoms with Gasteiger partial charge in [-0.25, -0.2) is 4.68 Å². The van der Waals surface area contributed by atoms with Crippen LogP contribution in [-0.4, -0.2) is 10.9 Å². The monoisotopic (exact) mass is 240 g/mol. The Morgan fingerprint density at radius 2 is 1.67 bits per heavy atom. The summed E-state index contributed by atoms with van der Waals surface area (Å²) >= 11 is 0. The summed E-state index contributed by atoms with van der Waals surface area (Å²) in [4.78, 5) is 11.8. The number of rotatable bonds is 2. The Kier molecular flexibility index (Phi) is 3.42. The minimum absolute atomic E-state index is 0.101. The van der Waals surface area contributed by atoms with E-state index >= 15 is 0 Å². The maximum absolute atomic E-state index is 11.8. The molecule has 2 rings (SSSR count). The van der Waals surface area contributed by atoms with Crippen molar-refractivity contribution in [2.24, 2.45) is 5.10 Å². The van der Waals surface area contributed by atoms with Gasteiger partial charge in [-0.2, -0.15) is 5.10 Å². The molecule has 0 unspecified atom stereocenters. The second kappa shape index (κ2) is 5.00. The molecular formula is C15H16N2O. The highest BCUT2D eigenvalue weighted by atomic mass is 16.1. The molecule has 0 aliphatic rings. The molecule has 0 saturated heterocycles. The molecule has 0 saturated carbocycles. The first kappa shape index (κ1) is 12.3. The molecule has 0 fully saturated rings. The third-order valence-corrected chi connectivity index (χ3v) is 2.73. The summed E-state index contributed by atoms with van der Waals surface area (Å²) in [5.74, 6) is 0. The fourth-order valence-electron chi connectivity index (χ4n) is 1.79. The third kappa shape index (κ3) is 2.74. The molecule has 3 nitrogen and oxygen atoms in total. The van der Waals surface area contributed by atoms with Gasteiger partial charge in [-0.1, -0.05) is 29.8 Å². The van der Waals surface area contributed by atoms with Crippen molar-refractivity contribution in [1.82, 2.24) is 4.68 Å². The summed E-state index contributed by atoms with van der Waals surface area (Å²) in [6, 6.07) is 11.5. The lowest BCUT2D eigenvalue weighted by Gasteiger charge is -2.03. The molecule has 0 aliphatic heterocycles. The van der Waals surface area contributed by atoms with Crippen LogP contribution in [0.15, 0.2) is 46.3 Å². The standard InChI is InChI=1S/C15H16N2O/c1-11-4-6-14(7-5-11)10-16-17-13(3)8-12(2)9-15(17)18/h4-10H,1-3H3/b16-10+. The van der Waals surface area contributed by atoms with E-state index in [2.05, 4.69) is 5.10 Å². The van der Waals surface area contributed by atoms with Gasteiger partial charge in [0.2, 0.25) is 0 Å². The molecular weight excluding hydrogens is 224 g/mol. The summed E-state index contributed by atoms with van der Waals surface area (Å²) in [6.45, 7) is 5.82. The fraction of sp³-hybridized carbons (Fsp3) is 0.200. The van der Waals surface area contributed by atoms with E-state index in [0.717, 1.165) is 16.8 Å². The summed E-state index contributed by atoms with van der Waals surface area (Å²) in [6.07, 6.45) is 1.70. The Morgan fingerprint density at radius 3 is 2.28 bits per heavy atom. The summed E-state index contributed by atoms with van der Waals surface area (Å²) in [7, 11) is 0. The SMILES string of the molecule is Cc1ccc(/C=N/n2c(C)cc(C)cc2=O)cc1. The molecule has 0 amide bonds. The molecule has 0 bridgehead atoms. The molecule has 2 aromatic rings. The van der Waals surface area contributed by atoms with Gasteiger partial charge in [0.15, 0.2) is 0 Å². The van der Waals surface area contributed by atoms with Crippen LogP contribution in [0.3, 0.4) is 0 Å². The van der Waals surface area contributed by atoms with Crippen LogP contribution in [0.2, 0.25) is 0 Å². The topological polar surface area (TPSA) is 34.4 Å². The van der Waals surface area contributed by atoms with Gasteiger partial charge in [-0.15, -0.1) is 0 Å². The zero-order valence-corrected chi connectivity index (χ0v) is 10.8. The van der Waals surface area contributed by atoms with Crippen LogP contribution in [0.1, 0.15) is 22.4 Å². The first-order valence-electron chi connectivity index (χ1n) is 5.87. The van der Waals surface area contributed by atoms with Crippen LogP contribution in [0, 0.1) is 20.8 Å². The van der Waals surface area contributed by atoms with E-state index in [1.807, 2.05) is 51.1 Å². The van der Waals surface area contributed by atoms with E-state index in [1.54, 1.807) is 12.3 Å². The smallest absolute Gasteiger partial charge is 0.267 e. The number of pyridine rings is 1. The van der Waals surface area contributed by atoms with Gasteiger partial charge >= 0.3 is 0 Å². The average Bonchev–Trinajstić information content (AvgIpc) is 2.30. The lowest BCUT2D eigenvalue weighted by Crippen LogP contribution is -2.18. The van der Waals surface area contributed by atoms with Crippen LogP contribution in [0.5, 0.6) is 0 Å². The number of aromatic nitrogens is 1. The Morgan fingerprint density at radius 1 is 1.00 bits per heavy atom. The van der Waals surface area contributed by atoms with Crippen LogP contribution in [0.25, 0.3) is 0 Å². The van der Waals surface area contributed by atoms with Gasteiger partial charge in [-0.05, 0) is 38.0 Å². The van der Waals surface area contributed by atoms with E-state index in [9.17, 15) is 4.79 Å². The first-order chi connectivity index (χ1) is 8.56. The quantitative estimate of drug-likeness (QED) is 0.743. The fourth-order valence-corrected chi connectivity index (χ4v) is 1.79. The van der Waals surface area contributed by atoms with Crippen LogP contribution in [-0.2, 0) is 0 Å². The van der Waals surface area contributed by atoms with Gasteiger partial charge in [0.1, 0.15) is 0 Å². The molecule has 0 radical (unpaired) electrons. The highest BCUT2D eigenvalue weighted by Gasteiger charge is 1.98. The number of benzene rings is 1. The van der Waals surface area contributed by atoms with E-state index in [-0.39, 0.29) is 5.56 Å². The Hall–Kier alpha value is -2.16. The van der Waals surface area contributed by atoms with Crippen LogP contribution < -0.4 is 5.56 Å². The van der Waals surface area contributed by atoms with Crippen molar-refractivity contribution in [3.05, 3.63) is 69.1 Å². The van der Waals surface area contributed by atoms with Crippen molar-refractivity contribution >= 4 is 6.21 Å². The van der Waals surface area contributed by atoms with Crippen LogP contribution in [0.4, 0.5) is 0 Å². The second-order valence-electron chi connectivity index (χ2n) is 4.48. The Balaban J connectivity index is 2.35. The molecule has 92 valence electrons. The highest BCUT2D eigenvalue weighted by molar-refractivity contribution is 5.79. The van der Waals surface area contributed by atoms with Gasteiger partial charge in [0.05, 0.1) is 6.21 Å². The van der Waals surface area contributed by atoms with E-state index < -0.39 is 0 Å². The van der Waals surface area contributed by atoms with Crippen LogP contribution >= 0.6 is 0 Å². The van der Waals surface area contributed by atoms with Gasteiger partial charge in [0.25, 0.3) is 5.56 Å². The lowest BCUT2D eigenvalue weighted by atomic mass is 10.2. The number of hydrogen-bond donors (Lipinski definition) is 0. The average molecular weight is 240 g/mol. The zero-order valence-electron chi connectivity index (χ0n) is 10.8. The number of hydrogen-bond acceptors (Lipinski definition) is 2. The molecule has 18 heavy (non-hydrogen) atoms. The lowest BCUT2D eigenvalue weighted by molar-refractivity contribution is 0.791. The second-order valence-corrected chi connectivity index (χ2v) is 4.48. The van der Waals surface area contributed by atoms with Crippen molar-refractivity contribution in [2.75, 3.05) is 0 Å². The summed E-state index contributed by atoms with van der Waals surface area (Å²) in [5, 5.41) is 4.23.